The third-order valence-electron chi connectivity index (χ3n) is 4.74. The first-order valence-corrected chi connectivity index (χ1v) is 11.1. The largest absolute Gasteiger partial charge is 0.357 e. The van der Waals surface area contributed by atoms with Crippen molar-refractivity contribution >= 4 is 15.8 Å². The van der Waals surface area contributed by atoms with E-state index in [1.165, 1.54) is 11.1 Å². The van der Waals surface area contributed by atoms with Crippen LogP contribution >= 0.6 is 0 Å². The number of hydrogen-bond donors (Lipinski definition) is 2. The van der Waals surface area contributed by atoms with Crippen LogP contribution in [-0.2, 0) is 22.9 Å². The van der Waals surface area contributed by atoms with Gasteiger partial charge in [0.15, 0.2) is 15.8 Å². The zero-order valence-corrected chi connectivity index (χ0v) is 17.1. The Kier molecular flexibility index (Phi) is 7.46. The molecule has 1 aliphatic heterocycles. The van der Waals surface area contributed by atoms with Crippen LogP contribution in [0.4, 0.5) is 0 Å². The van der Waals surface area contributed by atoms with E-state index in [1.54, 1.807) is 0 Å². The fourth-order valence-corrected chi connectivity index (χ4v) is 4.58. The van der Waals surface area contributed by atoms with Crippen molar-refractivity contribution in [1.29, 1.82) is 0 Å². The summed E-state index contributed by atoms with van der Waals surface area (Å²) in [6, 6.07) is 8.77. The highest BCUT2D eigenvalue weighted by Crippen LogP contribution is 2.14. The van der Waals surface area contributed by atoms with Crippen molar-refractivity contribution in [2.45, 2.75) is 52.4 Å². The van der Waals surface area contributed by atoms with Crippen LogP contribution in [0.3, 0.4) is 0 Å². The van der Waals surface area contributed by atoms with E-state index in [9.17, 15) is 8.42 Å². The summed E-state index contributed by atoms with van der Waals surface area (Å²) in [6.45, 7) is 8.56. The van der Waals surface area contributed by atoms with Crippen molar-refractivity contribution in [3.8, 4) is 0 Å². The zero-order chi connectivity index (χ0) is 19.2. The third-order valence-corrected chi connectivity index (χ3v) is 6.51. The van der Waals surface area contributed by atoms with E-state index >= 15 is 0 Å². The van der Waals surface area contributed by atoms with Crippen molar-refractivity contribution in [2.24, 2.45) is 4.99 Å². The first kappa shape index (κ1) is 20.7. The Morgan fingerprint density at radius 1 is 1.31 bits per heavy atom. The van der Waals surface area contributed by atoms with Gasteiger partial charge >= 0.3 is 0 Å². The lowest BCUT2D eigenvalue weighted by atomic mass is 10.1. The minimum Gasteiger partial charge on any atom is -0.357 e. The van der Waals surface area contributed by atoms with Crippen molar-refractivity contribution < 1.29 is 8.42 Å². The lowest BCUT2D eigenvalue weighted by Gasteiger charge is -2.22. The Labute approximate surface area is 158 Å². The van der Waals surface area contributed by atoms with Gasteiger partial charge in [0.2, 0.25) is 0 Å². The molecule has 7 heteroatoms. The van der Waals surface area contributed by atoms with E-state index in [-0.39, 0.29) is 17.5 Å². The Balaban J connectivity index is 2.07. The van der Waals surface area contributed by atoms with Crippen LogP contribution in [0.5, 0.6) is 0 Å². The van der Waals surface area contributed by atoms with Gasteiger partial charge in [-0.3, -0.25) is 4.90 Å². The number of benzene rings is 1. The fraction of sp³-hybridized carbons (Fsp3) is 0.632. The molecular formula is C19H32N4O2S. The van der Waals surface area contributed by atoms with Gasteiger partial charge in [-0.1, -0.05) is 24.3 Å². The summed E-state index contributed by atoms with van der Waals surface area (Å²) in [5.74, 6) is 1.13. The van der Waals surface area contributed by atoms with Gasteiger partial charge in [0.1, 0.15) is 0 Å². The molecule has 2 N–H and O–H groups in total. The summed E-state index contributed by atoms with van der Waals surface area (Å²) < 4.78 is 23.3. The summed E-state index contributed by atoms with van der Waals surface area (Å²) in [6.07, 6.45) is 0.641. The molecule has 0 spiro atoms. The summed E-state index contributed by atoms with van der Waals surface area (Å²) in [4.78, 5) is 6.99. The van der Waals surface area contributed by atoms with Gasteiger partial charge in [0, 0.05) is 25.2 Å². The molecule has 0 saturated carbocycles. The molecule has 1 atom stereocenters. The van der Waals surface area contributed by atoms with Crippen LogP contribution < -0.4 is 10.6 Å². The highest BCUT2D eigenvalue weighted by Gasteiger charge is 2.28. The van der Waals surface area contributed by atoms with Crippen molar-refractivity contribution in [3.63, 3.8) is 0 Å². The monoisotopic (exact) mass is 380 g/mol. The molecule has 0 aliphatic carbocycles. The molecule has 1 aromatic rings. The normalized spacial score (nSPS) is 19.9. The molecule has 1 heterocycles. The highest BCUT2D eigenvalue weighted by atomic mass is 32.2. The lowest BCUT2D eigenvalue weighted by molar-refractivity contribution is 0.265. The van der Waals surface area contributed by atoms with E-state index in [0.29, 0.717) is 25.0 Å². The molecular weight excluding hydrogens is 348 g/mol. The molecule has 1 saturated heterocycles. The molecule has 2 rings (SSSR count). The molecule has 1 unspecified atom stereocenters. The van der Waals surface area contributed by atoms with Crippen LogP contribution in [0.25, 0.3) is 0 Å². The molecule has 1 aromatic carbocycles. The van der Waals surface area contributed by atoms with E-state index in [2.05, 4.69) is 59.6 Å². The Hall–Kier alpha value is -1.60. The number of aliphatic imine (C=N–C) groups is 1. The number of nitrogens with zero attached hydrogens (tertiary/aromatic N) is 2. The number of guanidine groups is 1. The topological polar surface area (TPSA) is 73.8 Å². The molecule has 6 nitrogen and oxygen atoms in total. The van der Waals surface area contributed by atoms with Crippen LogP contribution in [0, 0.1) is 0 Å². The van der Waals surface area contributed by atoms with Crippen LogP contribution in [-0.4, -0.2) is 56.5 Å². The maximum absolute atomic E-state index is 11.7. The molecule has 1 aliphatic rings. The molecule has 0 radical (unpaired) electrons. The number of sulfone groups is 1. The predicted molar refractivity (Wildman–Crippen MR) is 108 cm³/mol. The van der Waals surface area contributed by atoms with Gasteiger partial charge in [-0.05, 0) is 45.4 Å². The molecule has 0 aromatic heterocycles. The minimum atomic E-state index is -2.90. The van der Waals surface area contributed by atoms with Crippen LogP contribution in [0.1, 0.15) is 38.3 Å². The summed E-state index contributed by atoms with van der Waals surface area (Å²) in [7, 11) is -0.780. The smallest absolute Gasteiger partial charge is 0.191 e. The Morgan fingerprint density at radius 3 is 2.58 bits per heavy atom. The standard InChI is InChI=1S/C19H32N4O2S/c1-5-20-19(22-18-10-11-26(24,25)14-18)21-12-16-8-6-7-9-17(16)13-23(4)15(2)3/h6-9,15,18H,5,10-14H2,1-4H3,(H2,20,21,22). The first-order valence-electron chi connectivity index (χ1n) is 9.33. The summed E-state index contributed by atoms with van der Waals surface area (Å²) in [5, 5.41) is 6.49. The van der Waals surface area contributed by atoms with Gasteiger partial charge in [-0.2, -0.15) is 0 Å². The second kappa shape index (κ2) is 9.37. The maximum Gasteiger partial charge on any atom is 0.191 e. The van der Waals surface area contributed by atoms with Gasteiger partial charge in [-0.25, -0.2) is 13.4 Å². The average molecular weight is 381 g/mol. The quantitative estimate of drug-likeness (QED) is 0.557. The average Bonchev–Trinajstić information content (AvgIpc) is 2.92. The molecule has 1 fully saturated rings. The SMILES string of the molecule is CCNC(=NCc1ccccc1CN(C)C(C)C)NC1CCS(=O)(=O)C1. The third kappa shape index (κ3) is 6.29. The number of hydrogen-bond acceptors (Lipinski definition) is 4. The van der Waals surface area contributed by atoms with E-state index < -0.39 is 9.84 Å². The highest BCUT2D eigenvalue weighted by molar-refractivity contribution is 7.91. The lowest BCUT2D eigenvalue weighted by Crippen LogP contribution is -2.44. The Bertz CT molecular complexity index is 716. The first-order chi connectivity index (χ1) is 12.3. The second-order valence-corrected chi connectivity index (χ2v) is 9.45. The van der Waals surface area contributed by atoms with Gasteiger partial charge in [-0.15, -0.1) is 0 Å². The van der Waals surface area contributed by atoms with Gasteiger partial charge in [0.05, 0.1) is 18.1 Å². The minimum absolute atomic E-state index is 0.0554. The fourth-order valence-electron chi connectivity index (χ4n) is 2.90. The number of rotatable bonds is 7. The predicted octanol–water partition coefficient (Wildman–Crippen LogP) is 1.77. The maximum atomic E-state index is 11.7. The Morgan fingerprint density at radius 2 is 2.00 bits per heavy atom. The van der Waals surface area contributed by atoms with Crippen molar-refractivity contribution in [3.05, 3.63) is 35.4 Å². The van der Waals surface area contributed by atoms with Crippen LogP contribution in [0.15, 0.2) is 29.3 Å². The van der Waals surface area contributed by atoms with Crippen molar-refractivity contribution in [2.75, 3.05) is 25.1 Å². The van der Waals surface area contributed by atoms with Crippen LogP contribution in [0.2, 0.25) is 0 Å². The van der Waals surface area contributed by atoms with E-state index in [4.69, 9.17) is 0 Å². The van der Waals surface area contributed by atoms with Gasteiger partial charge < -0.3 is 10.6 Å². The molecule has 146 valence electrons. The second-order valence-electron chi connectivity index (χ2n) is 7.22. The molecule has 0 bridgehead atoms. The molecule has 0 amide bonds. The summed E-state index contributed by atoms with van der Waals surface area (Å²) >= 11 is 0. The van der Waals surface area contributed by atoms with Crippen molar-refractivity contribution in [1.82, 2.24) is 15.5 Å². The molecule has 26 heavy (non-hydrogen) atoms. The van der Waals surface area contributed by atoms with E-state index in [0.717, 1.165) is 13.1 Å². The number of nitrogens with one attached hydrogen (secondary N) is 2. The zero-order valence-electron chi connectivity index (χ0n) is 16.3. The summed E-state index contributed by atoms with van der Waals surface area (Å²) in [5.41, 5.74) is 2.46. The van der Waals surface area contributed by atoms with E-state index in [1.807, 2.05) is 13.0 Å². The van der Waals surface area contributed by atoms with Gasteiger partial charge in [0.25, 0.3) is 0 Å².